The van der Waals surface area contributed by atoms with Crippen molar-refractivity contribution in [1.29, 1.82) is 0 Å². The number of phenols is 1. The normalized spacial score (nSPS) is 15.4. The van der Waals surface area contributed by atoms with Gasteiger partial charge in [0.2, 0.25) is 10.9 Å². The van der Waals surface area contributed by atoms with E-state index in [1.165, 1.54) is 35.5 Å². The largest absolute Gasteiger partial charge is 0.504 e. The van der Waals surface area contributed by atoms with Crippen molar-refractivity contribution in [3.8, 4) is 11.5 Å². The van der Waals surface area contributed by atoms with Gasteiger partial charge < -0.3 is 14.3 Å². The Labute approximate surface area is 203 Å². The Balaban J connectivity index is 1.76. The van der Waals surface area contributed by atoms with Crippen LogP contribution < -0.4 is 15.1 Å². The summed E-state index contributed by atoms with van der Waals surface area (Å²) in [7, 11) is 1.43. The highest BCUT2D eigenvalue weighted by Crippen LogP contribution is 2.44. The molecule has 2 aromatic heterocycles. The smallest absolute Gasteiger partial charge is 0.297 e. The number of halogens is 1. The lowest BCUT2D eigenvalue weighted by atomic mass is 9.98. The molecule has 1 aliphatic heterocycles. The number of carbonyl (C=O) groups is 1. The Hall–Kier alpha value is -3.43. The van der Waals surface area contributed by atoms with Gasteiger partial charge in [0.25, 0.3) is 5.91 Å². The van der Waals surface area contributed by atoms with Crippen molar-refractivity contribution in [3.63, 3.8) is 0 Å². The van der Waals surface area contributed by atoms with Crippen molar-refractivity contribution in [3.05, 3.63) is 73.5 Å². The molecule has 1 amide bonds. The molecule has 4 aromatic rings. The molecule has 2 aromatic carbocycles. The van der Waals surface area contributed by atoms with E-state index in [0.29, 0.717) is 28.1 Å². The van der Waals surface area contributed by atoms with Crippen LogP contribution in [0.4, 0.5) is 5.13 Å². The highest BCUT2D eigenvalue weighted by atomic mass is 35.5. The molecule has 1 atom stereocenters. The summed E-state index contributed by atoms with van der Waals surface area (Å²) in [6.45, 7) is 4.14. The molecule has 8 nitrogen and oxygen atoms in total. The summed E-state index contributed by atoms with van der Waals surface area (Å²) in [5.74, 6) is -0.0346. The van der Waals surface area contributed by atoms with Crippen molar-refractivity contribution in [1.82, 2.24) is 10.2 Å². The molecule has 34 heavy (non-hydrogen) atoms. The van der Waals surface area contributed by atoms with Crippen molar-refractivity contribution in [2.24, 2.45) is 5.92 Å². The Morgan fingerprint density at radius 2 is 2.00 bits per heavy atom. The molecule has 174 valence electrons. The Morgan fingerprint density at radius 3 is 2.74 bits per heavy atom. The maximum atomic E-state index is 13.6. The third-order valence-corrected chi connectivity index (χ3v) is 6.78. The maximum absolute atomic E-state index is 13.6. The lowest BCUT2D eigenvalue weighted by molar-refractivity contribution is 0.0970. The average Bonchev–Trinajstić information content (AvgIpc) is 3.36. The van der Waals surface area contributed by atoms with Crippen molar-refractivity contribution in [2.75, 3.05) is 12.0 Å². The fourth-order valence-corrected chi connectivity index (χ4v) is 5.35. The number of ether oxygens (including phenoxy) is 1. The van der Waals surface area contributed by atoms with Crippen LogP contribution in [0.25, 0.3) is 11.0 Å². The van der Waals surface area contributed by atoms with Gasteiger partial charge in [-0.15, -0.1) is 10.2 Å². The van der Waals surface area contributed by atoms with Gasteiger partial charge in [0.1, 0.15) is 10.6 Å². The van der Waals surface area contributed by atoms with Gasteiger partial charge in [0.05, 0.1) is 24.1 Å². The van der Waals surface area contributed by atoms with E-state index in [-0.39, 0.29) is 39.2 Å². The monoisotopic (exact) mass is 497 g/mol. The van der Waals surface area contributed by atoms with E-state index >= 15 is 0 Å². The van der Waals surface area contributed by atoms with E-state index in [0.717, 1.165) is 5.01 Å². The Morgan fingerprint density at radius 1 is 1.21 bits per heavy atom. The second-order valence-electron chi connectivity index (χ2n) is 8.40. The number of rotatable bonds is 5. The second kappa shape index (κ2) is 8.41. The Bertz CT molecular complexity index is 1500. The van der Waals surface area contributed by atoms with Crippen LogP contribution in [0.1, 0.15) is 46.6 Å². The highest BCUT2D eigenvalue weighted by Gasteiger charge is 2.45. The van der Waals surface area contributed by atoms with Crippen molar-refractivity contribution < 1.29 is 19.1 Å². The average molecular weight is 498 g/mol. The van der Waals surface area contributed by atoms with Crippen LogP contribution in [0.3, 0.4) is 0 Å². The van der Waals surface area contributed by atoms with E-state index in [9.17, 15) is 14.7 Å². The fourth-order valence-electron chi connectivity index (χ4n) is 4.10. The zero-order chi connectivity index (χ0) is 24.1. The summed E-state index contributed by atoms with van der Waals surface area (Å²) in [6, 6.07) is 8.52. The quantitative estimate of drug-likeness (QED) is 0.415. The molecule has 3 heterocycles. The zero-order valence-corrected chi connectivity index (χ0v) is 20.1. The highest BCUT2D eigenvalue weighted by molar-refractivity contribution is 7.15. The van der Waals surface area contributed by atoms with Crippen LogP contribution in [0.2, 0.25) is 5.02 Å². The number of nitrogens with zero attached hydrogens (tertiary/aromatic N) is 3. The number of hydrogen-bond acceptors (Lipinski definition) is 8. The summed E-state index contributed by atoms with van der Waals surface area (Å²) in [5, 5.41) is 20.4. The SMILES string of the molecule is COc1cc([C@@H]2c3c(oc4ccc(Cl)cc4c3=O)C(=O)N2c2nnc(CC(C)C)s2)ccc1O. The van der Waals surface area contributed by atoms with E-state index in [2.05, 4.69) is 24.0 Å². The van der Waals surface area contributed by atoms with Gasteiger partial charge in [-0.3, -0.25) is 14.5 Å². The van der Waals surface area contributed by atoms with E-state index in [1.54, 1.807) is 24.3 Å². The van der Waals surface area contributed by atoms with Crippen LogP contribution in [0, 0.1) is 5.92 Å². The first kappa shape index (κ1) is 22.4. The number of aromatic nitrogens is 2. The van der Waals surface area contributed by atoms with Gasteiger partial charge in [-0.25, -0.2) is 0 Å². The lowest BCUT2D eigenvalue weighted by Crippen LogP contribution is -2.29. The van der Waals surface area contributed by atoms with Gasteiger partial charge in [0.15, 0.2) is 16.9 Å². The number of amides is 1. The third-order valence-electron chi connectivity index (χ3n) is 5.60. The minimum absolute atomic E-state index is 0.0579. The van der Waals surface area contributed by atoms with Crippen LogP contribution in [0.5, 0.6) is 11.5 Å². The topological polar surface area (TPSA) is 106 Å². The summed E-state index contributed by atoms with van der Waals surface area (Å²) >= 11 is 7.42. The Kier molecular flexibility index (Phi) is 5.53. The number of phenolic OH excluding ortho intramolecular Hbond substituents is 1. The first-order valence-corrected chi connectivity index (χ1v) is 11.8. The second-order valence-corrected chi connectivity index (χ2v) is 9.88. The molecule has 0 unspecified atom stereocenters. The van der Waals surface area contributed by atoms with Gasteiger partial charge in [-0.1, -0.05) is 42.9 Å². The minimum atomic E-state index is -0.850. The van der Waals surface area contributed by atoms with Crippen LogP contribution in [-0.2, 0) is 6.42 Å². The molecule has 0 spiro atoms. The first-order valence-electron chi connectivity index (χ1n) is 10.6. The number of methoxy groups -OCH3 is 1. The van der Waals surface area contributed by atoms with Crippen LogP contribution >= 0.6 is 22.9 Å². The molecule has 0 aliphatic carbocycles. The number of aromatic hydroxyl groups is 1. The van der Waals surface area contributed by atoms with E-state index in [1.807, 2.05) is 0 Å². The molecule has 1 aliphatic rings. The van der Waals surface area contributed by atoms with Gasteiger partial charge in [0, 0.05) is 11.4 Å². The zero-order valence-electron chi connectivity index (χ0n) is 18.5. The lowest BCUT2D eigenvalue weighted by Gasteiger charge is -2.22. The van der Waals surface area contributed by atoms with Crippen LogP contribution in [0.15, 0.2) is 45.6 Å². The molecule has 0 fully saturated rings. The number of fused-ring (bicyclic) bond motifs is 2. The molecule has 0 saturated carbocycles. The maximum Gasteiger partial charge on any atom is 0.297 e. The predicted octanol–water partition coefficient (Wildman–Crippen LogP) is 4.96. The third kappa shape index (κ3) is 3.61. The van der Waals surface area contributed by atoms with Gasteiger partial charge in [-0.2, -0.15) is 0 Å². The first-order chi connectivity index (χ1) is 16.3. The summed E-state index contributed by atoms with van der Waals surface area (Å²) < 4.78 is 11.2. The summed E-state index contributed by atoms with van der Waals surface area (Å²) in [6.07, 6.45) is 0.712. The van der Waals surface area contributed by atoms with Crippen molar-refractivity contribution >= 4 is 44.9 Å². The minimum Gasteiger partial charge on any atom is -0.504 e. The molecule has 0 radical (unpaired) electrons. The van der Waals surface area contributed by atoms with Crippen molar-refractivity contribution in [2.45, 2.75) is 26.3 Å². The van der Waals surface area contributed by atoms with Crippen LogP contribution in [-0.4, -0.2) is 28.3 Å². The molecular formula is C24H20ClN3O5S. The molecule has 0 bridgehead atoms. The van der Waals surface area contributed by atoms with Gasteiger partial charge >= 0.3 is 0 Å². The number of benzene rings is 2. The number of carbonyl (C=O) groups excluding carboxylic acids is 1. The number of hydrogen-bond donors (Lipinski definition) is 1. The number of anilines is 1. The molecule has 10 heteroatoms. The fraction of sp³-hybridized carbons (Fsp3) is 0.250. The summed E-state index contributed by atoms with van der Waals surface area (Å²) in [5.41, 5.74) is 0.630. The van der Waals surface area contributed by atoms with Gasteiger partial charge in [-0.05, 0) is 41.8 Å². The standard InChI is InChI=1S/C24H20ClN3O5S/c1-11(2)8-18-26-27-24(34-18)28-20(12-4-6-15(29)17(9-12)32-3)19-21(30)14-10-13(25)5-7-16(14)33-22(19)23(28)31/h4-7,9-11,20,29H,8H2,1-3H3/t20-/m1/s1. The molecule has 5 rings (SSSR count). The van der Waals surface area contributed by atoms with E-state index in [4.69, 9.17) is 20.8 Å². The molecular weight excluding hydrogens is 478 g/mol. The summed E-state index contributed by atoms with van der Waals surface area (Å²) in [4.78, 5) is 28.7. The molecule has 0 saturated heterocycles. The van der Waals surface area contributed by atoms with E-state index < -0.39 is 11.9 Å². The molecule has 1 N–H and O–H groups in total. The predicted molar refractivity (Wildman–Crippen MR) is 129 cm³/mol.